The number of fused-ring (bicyclic) bond motifs is 3. The van der Waals surface area contributed by atoms with Gasteiger partial charge in [-0.05, 0) is 43.5 Å². The van der Waals surface area contributed by atoms with Crippen LogP contribution in [0.1, 0.15) is 26.3 Å². The molecule has 4 rings (SSSR count). The highest BCUT2D eigenvalue weighted by atomic mass is 16.4. The number of anilines is 3. The first-order chi connectivity index (χ1) is 11.6. The second-order valence-corrected chi connectivity index (χ2v) is 7.09. The Morgan fingerprint density at radius 2 is 1.75 bits per heavy atom. The smallest absolute Gasteiger partial charge is 0.222 e. The van der Waals surface area contributed by atoms with E-state index in [1.807, 2.05) is 6.07 Å². The lowest BCUT2D eigenvalue weighted by Gasteiger charge is -2.31. The zero-order chi connectivity index (χ0) is 16.8. The molecule has 0 bridgehead atoms. The molecule has 0 unspecified atom stereocenters. The van der Waals surface area contributed by atoms with Gasteiger partial charge in [-0.15, -0.1) is 0 Å². The van der Waals surface area contributed by atoms with E-state index < -0.39 is 0 Å². The van der Waals surface area contributed by atoms with Gasteiger partial charge in [0.25, 0.3) is 0 Å². The van der Waals surface area contributed by atoms with Gasteiger partial charge in [0.05, 0.1) is 0 Å². The van der Waals surface area contributed by atoms with Crippen LogP contribution in [0.5, 0.6) is 0 Å². The number of hydrogen-bond acceptors (Lipinski definition) is 3. The summed E-state index contributed by atoms with van der Waals surface area (Å²) in [6, 6.07) is 16.9. The molecule has 0 saturated heterocycles. The third-order valence-corrected chi connectivity index (χ3v) is 4.81. The van der Waals surface area contributed by atoms with E-state index in [9.17, 15) is 0 Å². The summed E-state index contributed by atoms with van der Waals surface area (Å²) in [4.78, 5) is 4.82. The summed E-state index contributed by atoms with van der Waals surface area (Å²) < 4.78 is 6.27. The van der Waals surface area contributed by atoms with Crippen molar-refractivity contribution >= 4 is 28.2 Å². The van der Waals surface area contributed by atoms with Crippen LogP contribution in [0.25, 0.3) is 11.0 Å². The van der Waals surface area contributed by atoms with Crippen molar-refractivity contribution in [3.63, 3.8) is 0 Å². The summed E-state index contributed by atoms with van der Waals surface area (Å²) >= 11 is 0. The second kappa shape index (κ2) is 5.59. The minimum Gasteiger partial charge on any atom is -0.438 e. The second-order valence-electron chi connectivity index (χ2n) is 7.09. The molecule has 3 heteroatoms. The summed E-state index contributed by atoms with van der Waals surface area (Å²) in [6.45, 7) is 9.93. The van der Waals surface area contributed by atoms with Gasteiger partial charge in [0, 0.05) is 17.6 Å². The Bertz CT molecular complexity index is 880. The molecule has 0 amide bonds. The van der Waals surface area contributed by atoms with Gasteiger partial charge < -0.3 is 14.2 Å². The number of benzene rings is 2. The van der Waals surface area contributed by atoms with Crippen LogP contribution in [-0.2, 0) is 0 Å². The van der Waals surface area contributed by atoms with Crippen LogP contribution in [0.15, 0.2) is 52.9 Å². The van der Waals surface area contributed by atoms with Crippen LogP contribution in [0, 0.1) is 12.8 Å². The molecular weight excluding hydrogens is 296 g/mol. The summed E-state index contributed by atoms with van der Waals surface area (Å²) in [6.07, 6.45) is 0.242. The fourth-order valence-electron chi connectivity index (χ4n) is 3.73. The molecule has 1 aromatic heterocycles. The third kappa shape index (κ3) is 2.19. The van der Waals surface area contributed by atoms with E-state index in [0.717, 1.165) is 18.0 Å². The van der Waals surface area contributed by atoms with Gasteiger partial charge in [0.2, 0.25) is 5.88 Å². The quantitative estimate of drug-likeness (QED) is 0.617. The van der Waals surface area contributed by atoms with Crippen molar-refractivity contribution in [1.82, 2.24) is 0 Å². The molecular formula is C21H24N2O. The Labute approximate surface area is 143 Å². The van der Waals surface area contributed by atoms with E-state index in [-0.39, 0.29) is 6.17 Å². The molecule has 1 aliphatic heterocycles. The maximum absolute atomic E-state index is 6.27. The summed E-state index contributed by atoms with van der Waals surface area (Å²) in [5, 5.41) is 1.19. The summed E-state index contributed by atoms with van der Waals surface area (Å²) in [7, 11) is 0. The molecule has 3 aromatic rings. The van der Waals surface area contributed by atoms with Crippen LogP contribution in [0.2, 0.25) is 0 Å². The lowest BCUT2D eigenvalue weighted by Crippen LogP contribution is -2.40. The minimum absolute atomic E-state index is 0.242. The van der Waals surface area contributed by atoms with Gasteiger partial charge >= 0.3 is 0 Å². The first-order valence-electron chi connectivity index (χ1n) is 8.71. The van der Waals surface area contributed by atoms with Crippen molar-refractivity contribution in [3.8, 4) is 0 Å². The predicted molar refractivity (Wildman–Crippen MR) is 101 cm³/mol. The van der Waals surface area contributed by atoms with E-state index in [2.05, 4.69) is 80.0 Å². The average Bonchev–Trinajstić information content (AvgIpc) is 3.04. The van der Waals surface area contributed by atoms with Crippen molar-refractivity contribution < 1.29 is 4.42 Å². The molecule has 24 heavy (non-hydrogen) atoms. The van der Waals surface area contributed by atoms with E-state index in [0.29, 0.717) is 5.92 Å². The lowest BCUT2D eigenvalue weighted by atomic mass is 10.1. The van der Waals surface area contributed by atoms with E-state index in [1.54, 1.807) is 0 Å². The first kappa shape index (κ1) is 15.1. The lowest BCUT2D eigenvalue weighted by molar-refractivity contribution is 0.520. The molecule has 2 heterocycles. The number of aryl methyl sites for hydroxylation is 1. The molecule has 0 N–H and O–H groups in total. The maximum atomic E-state index is 6.27. The number of para-hydroxylation sites is 2. The van der Waals surface area contributed by atoms with Crippen molar-refractivity contribution in [2.75, 3.05) is 16.3 Å². The van der Waals surface area contributed by atoms with Crippen molar-refractivity contribution in [2.24, 2.45) is 5.92 Å². The van der Waals surface area contributed by atoms with Crippen molar-refractivity contribution in [1.29, 1.82) is 0 Å². The molecule has 1 aliphatic rings. The third-order valence-electron chi connectivity index (χ3n) is 4.81. The Balaban J connectivity index is 1.94. The Hall–Kier alpha value is -2.42. The highest BCUT2D eigenvalue weighted by Gasteiger charge is 2.39. The topological polar surface area (TPSA) is 19.6 Å². The monoisotopic (exact) mass is 320 g/mol. The van der Waals surface area contributed by atoms with Crippen LogP contribution in [0.3, 0.4) is 0 Å². The Kier molecular flexibility index (Phi) is 3.52. The van der Waals surface area contributed by atoms with Crippen LogP contribution < -0.4 is 9.80 Å². The van der Waals surface area contributed by atoms with Gasteiger partial charge in [0.15, 0.2) is 0 Å². The molecule has 0 aliphatic carbocycles. The van der Waals surface area contributed by atoms with E-state index in [4.69, 9.17) is 4.42 Å². The minimum atomic E-state index is 0.242. The van der Waals surface area contributed by atoms with Crippen molar-refractivity contribution in [2.45, 2.75) is 33.9 Å². The summed E-state index contributed by atoms with van der Waals surface area (Å²) in [5.41, 5.74) is 4.70. The molecule has 0 spiro atoms. The number of furan rings is 1. The zero-order valence-electron chi connectivity index (χ0n) is 14.8. The fourth-order valence-corrected chi connectivity index (χ4v) is 3.73. The predicted octanol–water partition coefficient (Wildman–Crippen LogP) is 5.70. The van der Waals surface area contributed by atoms with Crippen LogP contribution in [-0.4, -0.2) is 12.7 Å². The van der Waals surface area contributed by atoms with Crippen molar-refractivity contribution in [3.05, 3.63) is 54.1 Å². The molecule has 0 radical (unpaired) electrons. The molecule has 2 aromatic carbocycles. The SMILES string of the molecule is Cc1ccccc1N1c2c(oc3ccccc23)N(CC(C)C)[C@@H]1C. The van der Waals surface area contributed by atoms with Gasteiger partial charge in [-0.3, -0.25) is 0 Å². The number of nitrogens with zero attached hydrogens (tertiary/aromatic N) is 2. The number of hydrogen-bond donors (Lipinski definition) is 0. The first-order valence-corrected chi connectivity index (χ1v) is 8.71. The molecule has 124 valence electrons. The fraction of sp³-hybridized carbons (Fsp3) is 0.333. The van der Waals surface area contributed by atoms with Gasteiger partial charge in [-0.2, -0.15) is 0 Å². The standard InChI is InChI=1S/C21H24N2O/c1-14(2)13-22-16(4)23(18-11-7-5-9-15(18)3)20-17-10-6-8-12-19(17)24-21(20)22/h5-12,14,16H,13H2,1-4H3/t16-/m0/s1. The summed E-state index contributed by atoms with van der Waals surface area (Å²) in [5.74, 6) is 1.57. The maximum Gasteiger partial charge on any atom is 0.222 e. The molecule has 3 nitrogen and oxygen atoms in total. The molecule has 0 fully saturated rings. The Morgan fingerprint density at radius 1 is 1.04 bits per heavy atom. The highest BCUT2D eigenvalue weighted by Crippen LogP contribution is 2.50. The zero-order valence-corrected chi connectivity index (χ0v) is 14.8. The number of rotatable bonds is 3. The normalized spacial score (nSPS) is 17.1. The van der Waals surface area contributed by atoms with Crippen LogP contribution in [0.4, 0.5) is 17.3 Å². The Morgan fingerprint density at radius 3 is 2.50 bits per heavy atom. The van der Waals surface area contributed by atoms with E-state index in [1.165, 1.54) is 22.3 Å². The van der Waals surface area contributed by atoms with Crippen LogP contribution >= 0.6 is 0 Å². The van der Waals surface area contributed by atoms with E-state index >= 15 is 0 Å². The van der Waals surface area contributed by atoms with Gasteiger partial charge in [-0.1, -0.05) is 44.2 Å². The van der Waals surface area contributed by atoms with Gasteiger partial charge in [-0.25, -0.2) is 0 Å². The highest BCUT2D eigenvalue weighted by molar-refractivity contribution is 6.02. The van der Waals surface area contributed by atoms with Gasteiger partial charge in [0.1, 0.15) is 17.4 Å². The molecule has 1 atom stereocenters. The molecule has 0 saturated carbocycles. The average molecular weight is 320 g/mol. The largest absolute Gasteiger partial charge is 0.438 e.